The fourth-order valence-corrected chi connectivity index (χ4v) is 2.50. The van der Waals surface area contributed by atoms with Gasteiger partial charge in [0.15, 0.2) is 11.0 Å². The molecule has 1 aromatic heterocycles. The molecule has 0 bridgehead atoms. The van der Waals surface area contributed by atoms with Crippen molar-refractivity contribution in [2.24, 2.45) is 0 Å². The number of hydrogen-bond acceptors (Lipinski definition) is 6. The number of rotatable bonds is 2. The van der Waals surface area contributed by atoms with Gasteiger partial charge in [-0.25, -0.2) is 4.79 Å². The van der Waals surface area contributed by atoms with Gasteiger partial charge in [0.1, 0.15) is 22.5 Å². The van der Waals surface area contributed by atoms with Crippen LogP contribution in [0, 0.1) is 0 Å². The number of ether oxygens (including phenoxy) is 3. The molecule has 0 N–H and O–H groups in total. The molecule has 1 aromatic carbocycles. The summed E-state index contributed by atoms with van der Waals surface area (Å²) >= 11 is 0. The average molecular weight is 316 g/mol. The summed E-state index contributed by atoms with van der Waals surface area (Å²) in [5.41, 5.74) is -0.0575. The molecule has 6 nitrogen and oxygen atoms in total. The first-order valence-corrected chi connectivity index (χ1v) is 7.01. The van der Waals surface area contributed by atoms with Crippen LogP contribution in [0.4, 0.5) is 0 Å². The molecular weight excluding hydrogens is 300 g/mol. The van der Waals surface area contributed by atoms with Crippen molar-refractivity contribution < 1.29 is 23.4 Å². The van der Waals surface area contributed by atoms with Gasteiger partial charge < -0.3 is 18.6 Å². The van der Waals surface area contributed by atoms with Gasteiger partial charge in [0, 0.05) is 12.1 Å². The Morgan fingerprint density at radius 2 is 1.96 bits per heavy atom. The molecule has 0 radical (unpaired) electrons. The molecule has 6 heteroatoms. The van der Waals surface area contributed by atoms with E-state index < -0.39 is 11.6 Å². The van der Waals surface area contributed by atoms with Gasteiger partial charge in [-0.15, -0.1) is 0 Å². The Labute approximate surface area is 132 Å². The number of carbonyl (C=O) groups excluding carboxylic acids is 1. The molecule has 23 heavy (non-hydrogen) atoms. The quantitative estimate of drug-likeness (QED) is 0.793. The summed E-state index contributed by atoms with van der Waals surface area (Å²) in [5, 5.41) is 0.256. The van der Waals surface area contributed by atoms with E-state index in [0.29, 0.717) is 17.1 Å². The van der Waals surface area contributed by atoms with E-state index in [2.05, 4.69) is 4.74 Å². The smallest absolute Gasteiger partial charge is 0.374 e. The molecule has 0 saturated heterocycles. The highest BCUT2D eigenvalue weighted by atomic mass is 16.5. The largest absolute Gasteiger partial charge is 0.496 e. The highest BCUT2D eigenvalue weighted by Crippen LogP contribution is 2.40. The zero-order valence-corrected chi connectivity index (χ0v) is 13.3. The fourth-order valence-electron chi connectivity index (χ4n) is 2.50. The van der Waals surface area contributed by atoms with Gasteiger partial charge >= 0.3 is 5.97 Å². The predicted molar refractivity (Wildman–Crippen MR) is 84.1 cm³/mol. The van der Waals surface area contributed by atoms with Crippen molar-refractivity contribution in [3.05, 3.63) is 39.8 Å². The summed E-state index contributed by atoms with van der Waals surface area (Å²) in [4.78, 5) is 24.1. The number of carbonyl (C=O) groups is 1. The third-order valence-electron chi connectivity index (χ3n) is 3.60. The minimum atomic E-state index is -0.721. The lowest BCUT2D eigenvalue weighted by atomic mass is 10.00. The Bertz CT molecular complexity index is 888. The molecule has 1 aliphatic heterocycles. The lowest BCUT2D eigenvalue weighted by Gasteiger charge is -2.28. The predicted octanol–water partition coefficient (Wildman–Crippen LogP) is 2.77. The number of methoxy groups -OCH3 is 2. The molecule has 0 saturated carbocycles. The Balaban J connectivity index is 2.39. The zero-order chi connectivity index (χ0) is 16.8. The van der Waals surface area contributed by atoms with Crippen LogP contribution < -0.4 is 14.9 Å². The van der Waals surface area contributed by atoms with Crippen LogP contribution in [0.2, 0.25) is 0 Å². The van der Waals surface area contributed by atoms with Gasteiger partial charge in [0.05, 0.1) is 19.8 Å². The van der Waals surface area contributed by atoms with Crippen molar-refractivity contribution in [2.45, 2.75) is 19.4 Å². The zero-order valence-electron chi connectivity index (χ0n) is 13.3. The topological polar surface area (TPSA) is 75.0 Å². The second kappa shape index (κ2) is 5.15. The van der Waals surface area contributed by atoms with Crippen molar-refractivity contribution in [2.75, 3.05) is 14.2 Å². The number of benzene rings is 1. The number of esters is 1. The van der Waals surface area contributed by atoms with Gasteiger partial charge in [-0.3, -0.25) is 4.79 Å². The third-order valence-corrected chi connectivity index (χ3v) is 3.60. The first-order valence-electron chi connectivity index (χ1n) is 7.01. The second-order valence-corrected chi connectivity index (χ2v) is 5.70. The molecule has 0 fully saturated rings. The maximum absolute atomic E-state index is 12.4. The Kier molecular flexibility index (Phi) is 3.39. The van der Waals surface area contributed by atoms with Crippen LogP contribution in [0.3, 0.4) is 0 Å². The van der Waals surface area contributed by atoms with Crippen LogP contribution in [-0.4, -0.2) is 25.8 Å². The molecule has 3 rings (SSSR count). The van der Waals surface area contributed by atoms with E-state index in [1.807, 2.05) is 26.0 Å². The Morgan fingerprint density at radius 3 is 2.61 bits per heavy atom. The minimum Gasteiger partial charge on any atom is -0.496 e. The van der Waals surface area contributed by atoms with Crippen molar-refractivity contribution in [1.29, 1.82) is 0 Å². The van der Waals surface area contributed by atoms with Crippen molar-refractivity contribution in [3.8, 4) is 11.5 Å². The van der Waals surface area contributed by atoms with Crippen LogP contribution in [-0.2, 0) is 4.74 Å². The monoisotopic (exact) mass is 316 g/mol. The van der Waals surface area contributed by atoms with Crippen LogP contribution in [0.25, 0.3) is 17.0 Å². The average Bonchev–Trinajstić information content (AvgIpc) is 2.51. The van der Waals surface area contributed by atoms with Crippen LogP contribution in [0.15, 0.2) is 27.4 Å². The lowest BCUT2D eigenvalue weighted by molar-refractivity contribution is 0.0565. The highest BCUT2D eigenvalue weighted by molar-refractivity contribution is 5.96. The molecule has 2 heterocycles. The Hall–Kier alpha value is -2.76. The minimum absolute atomic E-state index is 0.168. The van der Waals surface area contributed by atoms with Gasteiger partial charge in [0.2, 0.25) is 5.76 Å². The summed E-state index contributed by atoms with van der Waals surface area (Å²) in [6.45, 7) is 3.81. The highest BCUT2D eigenvalue weighted by Gasteiger charge is 2.27. The normalized spacial score (nSPS) is 15.0. The molecule has 0 spiro atoms. The first-order chi connectivity index (χ1) is 10.9. The van der Waals surface area contributed by atoms with Gasteiger partial charge in [-0.2, -0.15) is 0 Å². The summed E-state index contributed by atoms with van der Waals surface area (Å²) in [7, 11) is 2.68. The number of fused-ring (bicyclic) bond motifs is 3. The van der Waals surface area contributed by atoms with Crippen LogP contribution in [0.1, 0.15) is 30.0 Å². The molecule has 0 unspecified atom stereocenters. The second-order valence-electron chi connectivity index (χ2n) is 5.70. The summed E-state index contributed by atoms with van der Waals surface area (Å²) < 4.78 is 21.4. The SMILES string of the molecule is COC(=O)c1cc(=O)c2c(OC)cc3c(c2o1)C=CC(C)(C)O3. The molecule has 1 aliphatic rings. The van der Waals surface area contributed by atoms with Crippen LogP contribution in [0.5, 0.6) is 11.5 Å². The Morgan fingerprint density at radius 1 is 1.22 bits per heavy atom. The van der Waals surface area contributed by atoms with E-state index >= 15 is 0 Å². The van der Waals surface area contributed by atoms with E-state index in [0.717, 1.165) is 6.07 Å². The van der Waals surface area contributed by atoms with E-state index in [-0.39, 0.29) is 22.2 Å². The van der Waals surface area contributed by atoms with Crippen molar-refractivity contribution >= 4 is 23.0 Å². The van der Waals surface area contributed by atoms with Crippen LogP contribution >= 0.6 is 0 Å². The molecule has 0 aliphatic carbocycles. The van der Waals surface area contributed by atoms with Crippen molar-refractivity contribution in [1.82, 2.24) is 0 Å². The van der Waals surface area contributed by atoms with Gasteiger partial charge in [0.25, 0.3) is 0 Å². The number of hydrogen-bond donors (Lipinski definition) is 0. The summed E-state index contributed by atoms with van der Waals surface area (Å²) in [5.74, 6) is -0.0395. The van der Waals surface area contributed by atoms with Gasteiger partial charge in [-0.1, -0.05) is 0 Å². The maximum atomic E-state index is 12.4. The standard InChI is InChI=1S/C17H16O6/c1-17(2)6-5-9-11(23-17)8-12(20-3)14-10(18)7-13(16(19)21-4)22-15(9)14/h5-8H,1-4H3. The van der Waals surface area contributed by atoms with E-state index in [4.69, 9.17) is 13.9 Å². The first kappa shape index (κ1) is 15.1. The maximum Gasteiger partial charge on any atom is 0.374 e. The van der Waals surface area contributed by atoms with E-state index in [9.17, 15) is 9.59 Å². The molecule has 2 aromatic rings. The lowest BCUT2D eigenvalue weighted by Crippen LogP contribution is -2.27. The van der Waals surface area contributed by atoms with E-state index in [1.165, 1.54) is 14.2 Å². The molecule has 0 amide bonds. The molecule has 0 atom stereocenters. The van der Waals surface area contributed by atoms with Gasteiger partial charge in [-0.05, 0) is 26.0 Å². The fraction of sp³-hybridized carbons (Fsp3) is 0.294. The molecular formula is C17H16O6. The van der Waals surface area contributed by atoms with E-state index in [1.54, 1.807) is 6.07 Å². The molecule has 120 valence electrons. The third kappa shape index (κ3) is 2.46. The van der Waals surface area contributed by atoms with Crippen molar-refractivity contribution in [3.63, 3.8) is 0 Å². The summed E-state index contributed by atoms with van der Waals surface area (Å²) in [6.07, 6.45) is 3.66. The summed E-state index contributed by atoms with van der Waals surface area (Å²) in [6, 6.07) is 2.75.